The lowest BCUT2D eigenvalue weighted by Gasteiger charge is -2.32. The Morgan fingerprint density at radius 2 is 1.83 bits per heavy atom. The summed E-state index contributed by atoms with van der Waals surface area (Å²) in [7, 11) is 0. The zero-order valence-electron chi connectivity index (χ0n) is 14.2. The van der Waals surface area contributed by atoms with Crippen LogP contribution in [0.1, 0.15) is 32.4 Å². The molecule has 0 spiro atoms. The monoisotopic (exact) mass is 313 g/mol. The van der Waals surface area contributed by atoms with Gasteiger partial charge in [-0.1, -0.05) is 75.6 Å². The lowest BCUT2D eigenvalue weighted by Crippen LogP contribution is -2.40. The molecule has 3 heteroatoms. The normalized spacial score (nSPS) is 16.8. The first-order valence-electron chi connectivity index (χ1n) is 7.87. The number of amides is 1. The van der Waals surface area contributed by atoms with Crippen molar-refractivity contribution in [3.05, 3.63) is 72.9 Å². The average molecular weight is 313 g/mol. The fourth-order valence-electron chi connectivity index (χ4n) is 2.69. The molecule has 3 nitrogen and oxygen atoms in total. The zero-order valence-corrected chi connectivity index (χ0v) is 14.2. The van der Waals surface area contributed by atoms with Gasteiger partial charge in [0.15, 0.2) is 0 Å². The number of carbonyl (C=O) groups is 1. The summed E-state index contributed by atoms with van der Waals surface area (Å²) >= 11 is 0. The number of aliphatic hydroxyl groups excluding tert-OH is 1. The number of allylic oxidation sites excluding steroid dienone is 4. The van der Waals surface area contributed by atoms with E-state index in [1.165, 1.54) is 6.92 Å². The molecule has 0 radical (unpaired) electrons. The van der Waals surface area contributed by atoms with Crippen molar-refractivity contribution in [3.8, 4) is 0 Å². The molecule has 124 valence electrons. The largest absolute Gasteiger partial charge is 0.390 e. The van der Waals surface area contributed by atoms with Crippen LogP contribution in [0.5, 0.6) is 0 Å². The van der Waals surface area contributed by atoms with Gasteiger partial charge < -0.3 is 10.4 Å². The first kappa shape index (κ1) is 18.9. The van der Waals surface area contributed by atoms with Gasteiger partial charge in [-0.15, -0.1) is 0 Å². The van der Waals surface area contributed by atoms with E-state index in [2.05, 4.69) is 18.5 Å². The molecule has 4 unspecified atom stereocenters. The van der Waals surface area contributed by atoms with Gasteiger partial charge in [-0.3, -0.25) is 4.79 Å². The molecule has 0 heterocycles. The Morgan fingerprint density at radius 1 is 1.22 bits per heavy atom. The van der Waals surface area contributed by atoms with Crippen molar-refractivity contribution in [1.29, 1.82) is 0 Å². The molecular formula is C20H27NO2. The van der Waals surface area contributed by atoms with Crippen LogP contribution in [0.4, 0.5) is 0 Å². The van der Waals surface area contributed by atoms with Gasteiger partial charge in [-0.25, -0.2) is 0 Å². The number of benzene rings is 1. The summed E-state index contributed by atoms with van der Waals surface area (Å²) in [6, 6.07) is 9.09. The molecule has 4 atom stereocenters. The number of hydrogen-bond acceptors (Lipinski definition) is 2. The number of carbonyl (C=O) groups excluding carboxylic acids is 1. The molecule has 0 bridgehead atoms. The molecule has 0 saturated carbocycles. The summed E-state index contributed by atoms with van der Waals surface area (Å²) in [4.78, 5) is 11.6. The molecule has 0 aliphatic heterocycles. The SMILES string of the molecule is C=C/C=C(\C=C)C(C)C(C)C(O)C(NC(C)=O)c1ccccc1. The summed E-state index contributed by atoms with van der Waals surface area (Å²) in [6.07, 6.45) is 4.68. The highest BCUT2D eigenvalue weighted by Gasteiger charge is 2.30. The van der Waals surface area contributed by atoms with Crippen molar-refractivity contribution in [3.63, 3.8) is 0 Å². The summed E-state index contributed by atoms with van der Waals surface area (Å²) in [6.45, 7) is 13.0. The summed E-state index contributed by atoms with van der Waals surface area (Å²) < 4.78 is 0. The van der Waals surface area contributed by atoms with E-state index in [0.717, 1.165) is 11.1 Å². The number of nitrogens with one attached hydrogen (secondary N) is 1. The molecular weight excluding hydrogens is 286 g/mol. The maximum absolute atomic E-state index is 11.6. The van der Waals surface area contributed by atoms with Gasteiger partial charge >= 0.3 is 0 Å². The van der Waals surface area contributed by atoms with Crippen LogP contribution in [-0.2, 0) is 4.79 Å². The molecule has 0 saturated heterocycles. The Bertz CT molecular complexity index is 562. The lowest BCUT2D eigenvalue weighted by atomic mass is 9.80. The van der Waals surface area contributed by atoms with E-state index < -0.39 is 12.1 Å². The Morgan fingerprint density at radius 3 is 2.30 bits per heavy atom. The first-order valence-corrected chi connectivity index (χ1v) is 7.87. The minimum absolute atomic E-state index is 0.0729. The smallest absolute Gasteiger partial charge is 0.217 e. The second-order valence-electron chi connectivity index (χ2n) is 5.83. The maximum atomic E-state index is 11.6. The van der Waals surface area contributed by atoms with E-state index in [0.29, 0.717) is 0 Å². The minimum atomic E-state index is -0.718. The van der Waals surface area contributed by atoms with Gasteiger partial charge in [-0.05, 0) is 23.0 Å². The van der Waals surface area contributed by atoms with Crippen molar-refractivity contribution in [2.24, 2.45) is 11.8 Å². The Balaban J connectivity index is 3.06. The second-order valence-corrected chi connectivity index (χ2v) is 5.83. The molecule has 1 amide bonds. The molecule has 0 fully saturated rings. The van der Waals surface area contributed by atoms with E-state index in [-0.39, 0.29) is 17.7 Å². The van der Waals surface area contributed by atoms with Crippen molar-refractivity contribution < 1.29 is 9.90 Å². The lowest BCUT2D eigenvalue weighted by molar-refractivity contribution is -0.121. The molecule has 1 aromatic rings. The Hall–Kier alpha value is -2.13. The summed E-state index contributed by atoms with van der Waals surface area (Å²) in [5.41, 5.74) is 1.91. The third kappa shape index (κ3) is 5.22. The van der Waals surface area contributed by atoms with Crippen molar-refractivity contribution in [1.82, 2.24) is 5.32 Å². The van der Waals surface area contributed by atoms with Crippen LogP contribution in [0.25, 0.3) is 0 Å². The number of rotatable bonds is 8. The van der Waals surface area contributed by atoms with E-state index in [1.807, 2.05) is 50.3 Å². The highest BCUT2D eigenvalue weighted by Crippen LogP contribution is 2.30. The fraction of sp³-hybridized carbons (Fsp3) is 0.350. The van der Waals surface area contributed by atoms with Gasteiger partial charge in [0.05, 0.1) is 12.1 Å². The zero-order chi connectivity index (χ0) is 17.4. The molecule has 1 aromatic carbocycles. The average Bonchev–Trinajstić information content (AvgIpc) is 2.56. The minimum Gasteiger partial charge on any atom is -0.390 e. The van der Waals surface area contributed by atoms with Crippen LogP contribution in [0, 0.1) is 11.8 Å². The van der Waals surface area contributed by atoms with Crippen LogP contribution in [-0.4, -0.2) is 17.1 Å². The number of hydrogen-bond donors (Lipinski definition) is 2. The predicted molar refractivity (Wildman–Crippen MR) is 95.8 cm³/mol. The maximum Gasteiger partial charge on any atom is 0.217 e. The third-order valence-corrected chi connectivity index (χ3v) is 4.26. The number of aliphatic hydroxyl groups is 1. The fourth-order valence-corrected chi connectivity index (χ4v) is 2.69. The highest BCUT2D eigenvalue weighted by atomic mass is 16.3. The molecule has 0 aromatic heterocycles. The van der Waals surface area contributed by atoms with Gasteiger partial charge in [0, 0.05) is 6.92 Å². The van der Waals surface area contributed by atoms with Gasteiger partial charge in [0.1, 0.15) is 0 Å². The topological polar surface area (TPSA) is 49.3 Å². The quantitative estimate of drug-likeness (QED) is 0.717. The van der Waals surface area contributed by atoms with Crippen LogP contribution in [0.15, 0.2) is 67.3 Å². The second kappa shape index (κ2) is 9.11. The van der Waals surface area contributed by atoms with Crippen LogP contribution in [0.2, 0.25) is 0 Å². The van der Waals surface area contributed by atoms with Crippen LogP contribution < -0.4 is 5.32 Å². The molecule has 0 aliphatic rings. The van der Waals surface area contributed by atoms with Crippen molar-refractivity contribution >= 4 is 5.91 Å². The third-order valence-electron chi connectivity index (χ3n) is 4.26. The molecule has 2 N–H and O–H groups in total. The van der Waals surface area contributed by atoms with Gasteiger partial charge in [0.25, 0.3) is 0 Å². The van der Waals surface area contributed by atoms with Crippen molar-refractivity contribution in [2.45, 2.75) is 32.9 Å². The Labute approximate surface area is 139 Å². The Kier molecular flexibility index (Phi) is 7.49. The van der Waals surface area contributed by atoms with E-state index in [4.69, 9.17) is 0 Å². The molecule has 1 rings (SSSR count). The molecule has 0 aliphatic carbocycles. The summed E-state index contributed by atoms with van der Waals surface area (Å²) in [5.74, 6) is -0.153. The van der Waals surface area contributed by atoms with Crippen LogP contribution >= 0.6 is 0 Å². The first-order chi connectivity index (χ1) is 10.9. The van der Waals surface area contributed by atoms with Crippen LogP contribution in [0.3, 0.4) is 0 Å². The highest BCUT2D eigenvalue weighted by molar-refractivity contribution is 5.73. The summed E-state index contributed by atoms with van der Waals surface area (Å²) in [5, 5.41) is 13.7. The predicted octanol–water partition coefficient (Wildman–Crippen LogP) is 3.80. The van der Waals surface area contributed by atoms with Gasteiger partial charge in [-0.2, -0.15) is 0 Å². The van der Waals surface area contributed by atoms with Crippen molar-refractivity contribution in [2.75, 3.05) is 0 Å². The van der Waals surface area contributed by atoms with E-state index in [1.54, 1.807) is 12.2 Å². The van der Waals surface area contributed by atoms with Gasteiger partial charge in [0.2, 0.25) is 5.91 Å². The van der Waals surface area contributed by atoms with E-state index >= 15 is 0 Å². The van der Waals surface area contributed by atoms with E-state index in [9.17, 15) is 9.90 Å². The standard InChI is InChI=1S/C20H27NO2/c1-6-11-17(7-2)14(3)15(4)20(23)19(21-16(5)22)18-12-9-8-10-13-18/h6-15,19-20,23H,1-2H2,3-5H3,(H,21,22)/b17-11+. The molecule has 23 heavy (non-hydrogen) atoms.